The van der Waals surface area contributed by atoms with Gasteiger partial charge in [-0.25, -0.2) is 0 Å². The molecule has 0 heterocycles. The molecule has 2 aromatic carbocycles. The van der Waals surface area contributed by atoms with Crippen LogP contribution >= 0.6 is 0 Å². The smallest absolute Gasteiger partial charge is 0.119 e. The summed E-state index contributed by atoms with van der Waals surface area (Å²) in [5.41, 5.74) is 9.62. The van der Waals surface area contributed by atoms with Gasteiger partial charge >= 0.3 is 0 Å². The molecule has 0 aliphatic carbocycles. The Labute approximate surface area is 138 Å². The molecule has 2 rings (SSSR count). The summed E-state index contributed by atoms with van der Waals surface area (Å²) >= 11 is 0. The Morgan fingerprint density at radius 1 is 0.913 bits per heavy atom. The molecule has 2 N–H and O–H groups in total. The molecule has 0 unspecified atom stereocenters. The van der Waals surface area contributed by atoms with Crippen LogP contribution in [0.4, 0.5) is 17.1 Å². The van der Waals surface area contributed by atoms with E-state index in [9.17, 15) is 0 Å². The summed E-state index contributed by atoms with van der Waals surface area (Å²) in [6.07, 6.45) is 1.73. The molecule has 4 heteroatoms. The van der Waals surface area contributed by atoms with Crippen LogP contribution in [0.2, 0.25) is 0 Å². The summed E-state index contributed by atoms with van der Waals surface area (Å²) in [5, 5.41) is 0. The highest BCUT2D eigenvalue weighted by Crippen LogP contribution is 2.19. The van der Waals surface area contributed by atoms with Crippen molar-refractivity contribution in [3.8, 4) is 5.75 Å². The van der Waals surface area contributed by atoms with Crippen molar-refractivity contribution in [2.24, 2.45) is 0 Å². The largest absolute Gasteiger partial charge is 0.490 e. The van der Waals surface area contributed by atoms with Gasteiger partial charge in [-0.15, -0.1) is 0 Å². The maximum atomic E-state index is 5.46. The van der Waals surface area contributed by atoms with Gasteiger partial charge in [-0.3, -0.25) is 0 Å². The van der Waals surface area contributed by atoms with Crippen LogP contribution in [0.15, 0.2) is 61.2 Å². The molecule has 23 heavy (non-hydrogen) atoms. The lowest BCUT2D eigenvalue weighted by molar-refractivity contribution is 0.363. The van der Waals surface area contributed by atoms with Gasteiger partial charge in [0, 0.05) is 18.8 Å². The minimum absolute atomic E-state index is 0.518. The number of benzene rings is 2. The quantitative estimate of drug-likeness (QED) is 0.527. The van der Waals surface area contributed by atoms with E-state index in [4.69, 9.17) is 4.74 Å². The topological polar surface area (TPSA) is 36.5 Å². The molecule has 0 atom stereocenters. The highest BCUT2D eigenvalue weighted by Gasteiger charge is 2.01. The molecular formula is C19H25N3O. The van der Waals surface area contributed by atoms with Gasteiger partial charge in [0.25, 0.3) is 0 Å². The number of ether oxygens (including phenoxy) is 1. The molecule has 0 radical (unpaired) electrons. The zero-order valence-electron chi connectivity index (χ0n) is 13.9. The molecule has 4 nitrogen and oxygen atoms in total. The van der Waals surface area contributed by atoms with E-state index in [1.165, 1.54) is 5.69 Å². The van der Waals surface area contributed by atoms with Gasteiger partial charge in [0.05, 0.1) is 11.4 Å². The van der Waals surface area contributed by atoms with Crippen molar-refractivity contribution in [2.45, 2.75) is 13.8 Å². The Morgan fingerprint density at radius 2 is 1.43 bits per heavy atom. The molecular weight excluding hydrogens is 286 g/mol. The molecule has 0 amide bonds. The fraction of sp³-hybridized carbons (Fsp3) is 0.263. The number of hydrazine groups is 1. The summed E-state index contributed by atoms with van der Waals surface area (Å²) in [5.74, 6) is 0.832. The minimum Gasteiger partial charge on any atom is -0.490 e. The number of rotatable bonds is 9. The molecule has 0 bridgehead atoms. The highest BCUT2D eigenvalue weighted by molar-refractivity contribution is 5.58. The van der Waals surface area contributed by atoms with Crippen LogP contribution in [0.1, 0.15) is 13.8 Å². The van der Waals surface area contributed by atoms with Crippen molar-refractivity contribution in [2.75, 3.05) is 35.4 Å². The van der Waals surface area contributed by atoms with Gasteiger partial charge in [0.1, 0.15) is 12.4 Å². The fourth-order valence-electron chi connectivity index (χ4n) is 2.28. The molecule has 0 saturated heterocycles. The average Bonchev–Trinajstić information content (AvgIpc) is 2.61. The van der Waals surface area contributed by atoms with E-state index >= 15 is 0 Å². The second-order valence-electron chi connectivity index (χ2n) is 5.09. The van der Waals surface area contributed by atoms with Crippen LogP contribution in [0.3, 0.4) is 0 Å². The molecule has 0 aliphatic heterocycles. The van der Waals surface area contributed by atoms with Crippen LogP contribution in [0.25, 0.3) is 0 Å². The van der Waals surface area contributed by atoms with Gasteiger partial charge in [-0.1, -0.05) is 12.7 Å². The third-order valence-electron chi connectivity index (χ3n) is 3.57. The monoisotopic (exact) mass is 311 g/mol. The first-order valence-electron chi connectivity index (χ1n) is 7.97. The van der Waals surface area contributed by atoms with E-state index in [2.05, 4.69) is 60.4 Å². The summed E-state index contributed by atoms with van der Waals surface area (Å²) in [7, 11) is 0. The van der Waals surface area contributed by atoms with Crippen molar-refractivity contribution < 1.29 is 4.74 Å². The van der Waals surface area contributed by atoms with Gasteiger partial charge in [-0.05, 0) is 62.4 Å². The van der Waals surface area contributed by atoms with Gasteiger partial charge in [0.2, 0.25) is 0 Å². The second-order valence-corrected chi connectivity index (χ2v) is 5.09. The molecule has 122 valence electrons. The standard InChI is InChI=1S/C19H25N3O/c1-4-15-23-19-13-9-17(10-14-19)21-20-16-7-11-18(12-8-16)22(5-2)6-3/h4,7-14,20-21H,1,5-6,15H2,2-3H3. The van der Waals surface area contributed by atoms with Crippen molar-refractivity contribution >= 4 is 17.1 Å². The number of hydrogen-bond donors (Lipinski definition) is 2. The summed E-state index contributed by atoms with van der Waals surface area (Å²) < 4.78 is 5.46. The van der Waals surface area contributed by atoms with E-state index in [-0.39, 0.29) is 0 Å². The zero-order valence-corrected chi connectivity index (χ0v) is 13.9. The maximum Gasteiger partial charge on any atom is 0.119 e. The van der Waals surface area contributed by atoms with E-state index < -0.39 is 0 Å². The van der Waals surface area contributed by atoms with Gasteiger partial charge in [0.15, 0.2) is 0 Å². The van der Waals surface area contributed by atoms with Crippen molar-refractivity contribution in [3.05, 3.63) is 61.2 Å². The predicted molar refractivity (Wildman–Crippen MR) is 99.4 cm³/mol. The lowest BCUT2D eigenvalue weighted by Gasteiger charge is -2.21. The Kier molecular flexibility index (Phi) is 6.36. The first kappa shape index (κ1) is 16.7. The van der Waals surface area contributed by atoms with Crippen molar-refractivity contribution in [3.63, 3.8) is 0 Å². The SMILES string of the molecule is C=CCOc1ccc(NNc2ccc(N(CC)CC)cc2)cc1. The third kappa shape index (κ3) is 4.95. The molecule has 0 aliphatic rings. The van der Waals surface area contributed by atoms with E-state index in [0.717, 1.165) is 30.2 Å². The third-order valence-corrected chi connectivity index (χ3v) is 3.57. The lowest BCUT2D eigenvalue weighted by Crippen LogP contribution is -2.21. The fourth-order valence-corrected chi connectivity index (χ4v) is 2.28. The van der Waals surface area contributed by atoms with E-state index in [0.29, 0.717) is 6.61 Å². The molecule has 0 aromatic heterocycles. The maximum absolute atomic E-state index is 5.46. The first-order chi connectivity index (χ1) is 11.3. The lowest BCUT2D eigenvalue weighted by atomic mass is 10.2. The van der Waals surface area contributed by atoms with Crippen LogP contribution < -0.4 is 20.5 Å². The minimum atomic E-state index is 0.518. The van der Waals surface area contributed by atoms with Crippen LogP contribution in [-0.4, -0.2) is 19.7 Å². The zero-order chi connectivity index (χ0) is 16.5. The van der Waals surface area contributed by atoms with Crippen LogP contribution in [-0.2, 0) is 0 Å². The molecule has 0 spiro atoms. The van der Waals surface area contributed by atoms with Gasteiger partial charge < -0.3 is 20.5 Å². The van der Waals surface area contributed by atoms with Crippen molar-refractivity contribution in [1.29, 1.82) is 0 Å². The number of anilines is 3. The van der Waals surface area contributed by atoms with E-state index in [1.54, 1.807) is 6.08 Å². The Hall–Kier alpha value is -2.62. The molecule has 0 fully saturated rings. The second kappa shape index (κ2) is 8.73. The number of hydrogen-bond acceptors (Lipinski definition) is 4. The van der Waals surface area contributed by atoms with Crippen molar-refractivity contribution in [1.82, 2.24) is 0 Å². The number of nitrogens with zero attached hydrogens (tertiary/aromatic N) is 1. The van der Waals surface area contributed by atoms with Gasteiger partial charge in [-0.2, -0.15) is 0 Å². The normalized spacial score (nSPS) is 10.0. The Morgan fingerprint density at radius 3 is 1.91 bits per heavy atom. The summed E-state index contributed by atoms with van der Waals surface area (Å²) in [6, 6.07) is 16.2. The van der Waals surface area contributed by atoms with E-state index in [1.807, 2.05) is 24.3 Å². The first-order valence-corrected chi connectivity index (χ1v) is 7.97. The Balaban J connectivity index is 1.89. The van der Waals surface area contributed by atoms with Crippen LogP contribution in [0.5, 0.6) is 5.75 Å². The summed E-state index contributed by atoms with van der Waals surface area (Å²) in [4.78, 5) is 2.32. The van der Waals surface area contributed by atoms with Crippen LogP contribution in [0, 0.1) is 0 Å². The summed E-state index contributed by atoms with van der Waals surface area (Å²) in [6.45, 7) is 10.5. The Bertz CT molecular complexity index is 589. The predicted octanol–water partition coefficient (Wildman–Crippen LogP) is 4.54. The molecule has 0 saturated carbocycles. The number of nitrogens with one attached hydrogen (secondary N) is 2. The average molecular weight is 311 g/mol. The highest BCUT2D eigenvalue weighted by atomic mass is 16.5. The molecule has 2 aromatic rings.